The van der Waals surface area contributed by atoms with E-state index in [4.69, 9.17) is 9.47 Å². The van der Waals surface area contributed by atoms with Crippen molar-refractivity contribution in [1.82, 2.24) is 15.3 Å². The minimum absolute atomic E-state index is 0.0871. The Morgan fingerprint density at radius 2 is 2.03 bits per heavy atom. The summed E-state index contributed by atoms with van der Waals surface area (Å²) in [7, 11) is 1.63. The minimum Gasteiger partial charge on any atom is -0.496 e. The number of carbonyl (C=O) groups is 1. The molecule has 2 N–H and O–H groups in total. The van der Waals surface area contributed by atoms with Crippen molar-refractivity contribution in [3.8, 4) is 5.75 Å². The van der Waals surface area contributed by atoms with E-state index in [0.29, 0.717) is 62.9 Å². The molecule has 8 nitrogen and oxygen atoms in total. The summed E-state index contributed by atoms with van der Waals surface area (Å²) in [6, 6.07) is 7.75. The van der Waals surface area contributed by atoms with Crippen LogP contribution in [0.3, 0.4) is 0 Å². The molecule has 1 fully saturated rings. The first kappa shape index (κ1) is 20.9. The van der Waals surface area contributed by atoms with Crippen molar-refractivity contribution in [3.63, 3.8) is 0 Å². The summed E-state index contributed by atoms with van der Waals surface area (Å²) in [4.78, 5) is 34.1. The number of benzene rings is 1. The SMILES string of the molecule is COc1ccccc1CCNC(=O)CCc1c(C)nc(N2CCOCC2)[nH]c1=O. The summed E-state index contributed by atoms with van der Waals surface area (Å²) < 4.78 is 10.7. The molecule has 1 saturated heterocycles. The number of aromatic nitrogens is 2. The number of aryl methyl sites for hydroxylation is 1. The van der Waals surface area contributed by atoms with Crippen LogP contribution in [0.1, 0.15) is 23.2 Å². The van der Waals surface area contributed by atoms with Gasteiger partial charge in [0.2, 0.25) is 11.9 Å². The Morgan fingerprint density at radius 3 is 2.76 bits per heavy atom. The molecule has 0 bridgehead atoms. The van der Waals surface area contributed by atoms with E-state index in [0.717, 1.165) is 11.3 Å². The number of rotatable bonds is 8. The van der Waals surface area contributed by atoms with Gasteiger partial charge in [0.25, 0.3) is 5.56 Å². The molecule has 3 rings (SSSR count). The largest absolute Gasteiger partial charge is 0.496 e. The van der Waals surface area contributed by atoms with Crippen LogP contribution in [0.25, 0.3) is 0 Å². The van der Waals surface area contributed by atoms with Crippen LogP contribution in [0.2, 0.25) is 0 Å². The third-order valence-electron chi connectivity index (χ3n) is 5.03. The number of ether oxygens (including phenoxy) is 2. The van der Waals surface area contributed by atoms with Gasteiger partial charge >= 0.3 is 0 Å². The first-order valence-corrected chi connectivity index (χ1v) is 9.89. The van der Waals surface area contributed by atoms with Gasteiger partial charge in [-0.3, -0.25) is 14.6 Å². The standard InChI is InChI=1S/C21H28N4O4/c1-15-17(20(27)24-21(23-15)25-11-13-29-14-12-25)7-8-19(26)22-10-9-16-5-3-4-6-18(16)28-2/h3-6H,7-14H2,1-2H3,(H,22,26)(H,23,24,27). The van der Waals surface area contributed by atoms with E-state index in [1.165, 1.54) is 0 Å². The van der Waals surface area contributed by atoms with Gasteiger partial charge in [0.15, 0.2) is 0 Å². The van der Waals surface area contributed by atoms with E-state index in [2.05, 4.69) is 15.3 Å². The lowest BCUT2D eigenvalue weighted by molar-refractivity contribution is -0.121. The number of hydrogen-bond donors (Lipinski definition) is 2. The Balaban J connectivity index is 1.51. The number of para-hydroxylation sites is 1. The summed E-state index contributed by atoms with van der Waals surface area (Å²) in [5.74, 6) is 1.30. The molecule has 156 valence electrons. The van der Waals surface area contributed by atoms with Gasteiger partial charge in [0.1, 0.15) is 5.75 Å². The Hall–Kier alpha value is -2.87. The number of nitrogens with one attached hydrogen (secondary N) is 2. The fraction of sp³-hybridized carbons (Fsp3) is 0.476. The number of H-pyrrole nitrogens is 1. The highest BCUT2D eigenvalue weighted by atomic mass is 16.5. The van der Waals surface area contributed by atoms with E-state index < -0.39 is 0 Å². The van der Waals surface area contributed by atoms with E-state index in [1.54, 1.807) is 7.11 Å². The fourth-order valence-electron chi connectivity index (χ4n) is 3.39. The number of aromatic amines is 1. The molecular weight excluding hydrogens is 372 g/mol. The lowest BCUT2D eigenvalue weighted by Gasteiger charge is -2.27. The van der Waals surface area contributed by atoms with Gasteiger partial charge in [-0.05, 0) is 31.4 Å². The number of methoxy groups -OCH3 is 1. The Kier molecular flexibility index (Phi) is 7.24. The van der Waals surface area contributed by atoms with Crippen molar-refractivity contribution in [2.45, 2.75) is 26.2 Å². The Morgan fingerprint density at radius 1 is 1.28 bits per heavy atom. The van der Waals surface area contributed by atoms with Gasteiger partial charge in [-0.1, -0.05) is 18.2 Å². The van der Waals surface area contributed by atoms with Gasteiger partial charge in [-0.2, -0.15) is 0 Å². The van der Waals surface area contributed by atoms with Crippen LogP contribution in [0.4, 0.5) is 5.95 Å². The zero-order valence-corrected chi connectivity index (χ0v) is 17.0. The van der Waals surface area contributed by atoms with Crippen LogP contribution >= 0.6 is 0 Å². The van der Waals surface area contributed by atoms with Crippen LogP contribution in [-0.4, -0.2) is 55.8 Å². The maximum Gasteiger partial charge on any atom is 0.255 e. The molecule has 1 aromatic heterocycles. The smallest absolute Gasteiger partial charge is 0.255 e. The van der Waals surface area contributed by atoms with Crippen LogP contribution in [-0.2, 0) is 22.4 Å². The normalized spacial score (nSPS) is 13.9. The number of anilines is 1. The highest BCUT2D eigenvalue weighted by Crippen LogP contribution is 2.17. The number of morpholine rings is 1. The zero-order valence-electron chi connectivity index (χ0n) is 17.0. The second-order valence-electron chi connectivity index (χ2n) is 6.96. The molecule has 0 saturated carbocycles. The van der Waals surface area contributed by atoms with Gasteiger partial charge in [0, 0.05) is 37.3 Å². The quantitative estimate of drug-likeness (QED) is 0.692. The molecule has 1 aliphatic heterocycles. The third-order valence-corrected chi connectivity index (χ3v) is 5.03. The molecule has 0 atom stereocenters. The van der Waals surface area contributed by atoms with Gasteiger partial charge in [-0.25, -0.2) is 4.98 Å². The van der Waals surface area contributed by atoms with E-state index in [-0.39, 0.29) is 17.9 Å². The number of amides is 1. The van der Waals surface area contributed by atoms with Crippen molar-refractivity contribution in [3.05, 3.63) is 51.4 Å². The predicted octanol–water partition coefficient (Wildman–Crippen LogP) is 1.22. The van der Waals surface area contributed by atoms with Gasteiger partial charge in [0.05, 0.1) is 20.3 Å². The number of carbonyl (C=O) groups excluding carboxylic acids is 1. The van der Waals surface area contributed by atoms with Crippen LogP contribution < -0.4 is 20.5 Å². The van der Waals surface area contributed by atoms with Crippen molar-refractivity contribution >= 4 is 11.9 Å². The molecule has 29 heavy (non-hydrogen) atoms. The van der Waals surface area contributed by atoms with Gasteiger partial charge < -0.3 is 19.7 Å². The third kappa shape index (κ3) is 5.57. The number of hydrogen-bond acceptors (Lipinski definition) is 6. The maximum absolute atomic E-state index is 12.5. The Bertz CT molecular complexity index is 890. The molecule has 0 spiro atoms. The zero-order chi connectivity index (χ0) is 20.6. The summed E-state index contributed by atoms with van der Waals surface area (Å²) >= 11 is 0. The number of nitrogens with zero attached hydrogens (tertiary/aromatic N) is 2. The second-order valence-corrected chi connectivity index (χ2v) is 6.96. The highest BCUT2D eigenvalue weighted by molar-refractivity contribution is 5.76. The average molecular weight is 400 g/mol. The first-order valence-electron chi connectivity index (χ1n) is 9.89. The summed E-state index contributed by atoms with van der Waals surface area (Å²) in [6.07, 6.45) is 1.29. The molecule has 0 aliphatic carbocycles. The predicted molar refractivity (Wildman–Crippen MR) is 111 cm³/mol. The summed E-state index contributed by atoms with van der Waals surface area (Å²) in [6.45, 7) is 4.99. The van der Waals surface area contributed by atoms with Crippen molar-refractivity contribution in [2.24, 2.45) is 0 Å². The van der Waals surface area contributed by atoms with Gasteiger partial charge in [-0.15, -0.1) is 0 Å². The van der Waals surface area contributed by atoms with Crippen LogP contribution in [0.5, 0.6) is 5.75 Å². The molecule has 0 radical (unpaired) electrons. The second kappa shape index (κ2) is 10.1. The molecule has 2 aromatic rings. The van der Waals surface area contributed by atoms with E-state index in [9.17, 15) is 9.59 Å². The molecular formula is C21H28N4O4. The molecule has 8 heteroatoms. The summed E-state index contributed by atoms with van der Waals surface area (Å²) in [5.41, 5.74) is 2.09. The molecule has 1 aromatic carbocycles. The lowest BCUT2D eigenvalue weighted by Crippen LogP contribution is -2.38. The van der Waals surface area contributed by atoms with Crippen LogP contribution in [0, 0.1) is 6.92 Å². The molecule has 1 amide bonds. The van der Waals surface area contributed by atoms with E-state index in [1.807, 2.05) is 36.1 Å². The maximum atomic E-state index is 12.5. The van der Waals surface area contributed by atoms with Crippen molar-refractivity contribution < 1.29 is 14.3 Å². The molecule has 1 aliphatic rings. The molecule has 0 unspecified atom stereocenters. The highest BCUT2D eigenvalue weighted by Gasteiger charge is 2.16. The minimum atomic E-state index is -0.180. The first-order chi connectivity index (χ1) is 14.1. The Labute approximate surface area is 170 Å². The monoisotopic (exact) mass is 400 g/mol. The van der Waals surface area contributed by atoms with E-state index >= 15 is 0 Å². The molecule has 2 heterocycles. The lowest BCUT2D eigenvalue weighted by atomic mass is 10.1. The fourth-order valence-corrected chi connectivity index (χ4v) is 3.39. The van der Waals surface area contributed by atoms with Crippen molar-refractivity contribution in [1.29, 1.82) is 0 Å². The topological polar surface area (TPSA) is 96.5 Å². The van der Waals surface area contributed by atoms with Crippen molar-refractivity contribution in [2.75, 3.05) is 44.9 Å². The average Bonchev–Trinajstić information content (AvgIpc) is 2.74. The van der Waals surface area contributed by atoms with Crippen LogP contribution in [0.15, 0.2) is 29.1 Å². The summed E-state index contributed by atoms with van der Waals surface area (Å²) in [5, 5.41) is 2.91.